The lowest BCUT2D eigenvalue weighted by Gasteiger charge is -2.17. The Morgan fingerprint density at radius 1 is 1.28 bits per heavy atom. The maximum absolute atomic E-state index is 12.4. The predicted molar refractivity (Wildman–Crippen MR) is 107 cm³/mol. The lowest BCUT2D eigenvalue weighted by molar-refractivity contribution is 0.0696. The molecule has 0 unspecified atom stereocenters. The number of hydrogen-bond acceptors (Lipinski definition) is 5. The van der Waals surface area contributed by atoms with E-state index in [0.29, 0.717) is 23.3 Å². The molecule has 0 saturated carbocycles. The van der Waals surface area contributed by atoms with E-state index in [9.17, 15) is 14.7 Å². The molecule has 150 valence electrons. The first kappa shape index (κ1) is 19.1. The van der Waals surface area contributed by atoms with Crippen LogP contribution >= 0.6 is 0 Å². The molecule has 8 nitrogen and oxygen atoms in total. The first-order valence-corrected chi connectivity index (χ1v) is 9.53. The zero-order valence-electron chi connectivity index (χ0n) is 16.4. The molecule has 1 aromatic carbocycles. The maximum Gasteiger partial charge on any atom is 0.335 e. The van der Waals surface area contributed by atoms with Crippen LogP contribution in [0.2, 0.25) is 0 Å². The average Bonchev–Trinajstić information content (AvgIpc) is 3.34. The quantitative estimate of drug-likeness (QED) is 0.714. The summed E-state index contributed by atoms with van der Waals surface area (Å²) in [5.41, 5.74) is 3.41. The highest BCUT2D eigenvalue weighted by atomic mass is 16.4. The molecule has 8 heteroatoms. The molecule has 4 rings (SSSR count). The van der Waals surface area contributed by atoms with Gasteiger partial charge in [-0.25, -0.2) is 14.3 Å². The van der Waals surface area contributed by atoms with Gasteiger partial charge in [0.25, 0.3) is 5.91 Å². The van der Waals surface area contributed by atoms with E-state index in [1.807, 2.05) is 12.1 Å². The van der Waals surface area contributed by atoms with Crippen LogP contribution < -0.4 is 0 Å². The number of hydrogen-bond donors (Lipinski definition) is 1. The molecule has 1 N–H and O–H groups in total. The molecule has 1 amide bonds. The lowest BCUT2D eigenvalue weighted by atomic mass is 10.0. The number of carbonyl (C=O) groups excluding carboxylic acids is 1. The van der Waals surface area contributed by atoms with Crippen molar-refractivity contribution in [1.29, 1.82) is 0 Å². The summed E-state index contributed by atoms with van der Waals surface area (Å²) in [6.07, 6.45) is 4.28. The Morgan fingerprint density at radius 3 is 2.86 bits per heavy atom. The smallest absolute Gasteiger partial charge is 0.335 e. The molecule has 1 atom stereocenters. The number of fused-ring (bicyclic) bond motifs is 1. The Kier molecular flexibility index (Phi) is 5.02. The number of benzene rings is 1. The summed E-state index contributed by atoms with van der Waals surface area (Å²) in [5, 5.41) is 13.6. The highest BCUT2D eigenvalue weighted by molar-refractivity contribution is 5.99. The molecular formula is C21H23N5O3. The number of amides is 1. The van der Waals surface area contributed by atoms with E-state index in [1.165, 1.54) is 4.90 Å². The third-order valence-electron chi connectivity index (χ3n) is 5.34. The molecule has 0 radical (unpaired) electrons. The van der Waals surface area contributed by atoms with Gasteiger partial charge in [-0.05, 0) is 36.7 Å². The molecule has 0 spiro atoms. The Hall–Kier alpha value is -3.26. The predicted octanol–water partition coefficient (Wildman–Crippen LogP) is 2.12. The normalized spacial score (nSPS) is 17.0. The van der Waals surface area contributed by atoms with Crippen molar-refractivity contribution in [2.75, 3.05) is 27.2 Å². The van der Waals surface area contributed by atoms with Crippen molar-refractivity contribution >= 4 is 17.5 Å². The summed E-state index contributed by atoms with van der Waals surface area (Å²) < 4.78 is 1.77. The van der Waals surface area contributed by atoms with Crippen molar-refractivity contribution < 1.29 is 14.7 Å². The highest BCUT2D eigenvalue weighted by Crippen LogP contribution is 2.29. The fraction of sp³-hybridized carbons (Fsp3) is 0.333. The molecule has 1 fully saturated rings. The van der Waals surface area contributed by atoms with Gasteiger partial charge in [-0.1, -0.05) is 12.1 Å². The third kappa shape index (κ3) is 3.71. The van der Waals surface area contributed by atoms with E-state index >= 15 is 0 Å². The first-order chi connectivity index (χ1) is 13.9. The van der Waals surface area contributed by atoms with Crippen LogP contribution in [0.4, 0.5) is 0 Å². The average molecular weight is 393 g/mol. The van der Waals surface area contributed by atoms with Crippen LogP contribution in [0.3, 0.4) is 0 Å². The van der Waals surface area contributed by atoms with E-state index in [1.54, 1.807) is 49.2 Å². The Bertz CT molecular complexity index is 1080. The zero-order chi connectivity index (χ0) is 20.5. The number of aromatic carboxylic acids is 1. The van der Waals surface area contributed by atoms with Crippen LogP contribution in [0, 0.1) is 0 Å². The lowest BCUT2D eigenvalue weighted by Crippen LogP contribution is -2.22. The van der Waals surface area contributed by atoms with E-state index in [-0.39, 0.29) is 11.8 Å². The summed E-state index contributed by atoms with van der Waals surface area (Å²) >= 11 is 0. The highest BCUT2D eigenvalue weighted by Gasteiger charge is 2.27. The summed E-state index contributed by atoms with van der Waals surface area (Å²) in [6, 6.07) is 9.04. The van der Waals surface area contributed by atoms with E-state index < -0.39 is 5.97 Å². The summed E-state index contributed by atoms with van der Waals surface area (Å²) in [5.74, 6) is -0.756. The van der Waals surface area contributed by atoms with E-state index in [0.717, 1.165) is 30.8 Å². The number of rotatable bonds is 5. The molecule has 29 heavy (non-hydrogen) atoms. The molecule has 2 aromatic heterocycles. The minimum absolute atomic E-state index is 0.115. The van der Waals surface area contributed by atoms with Gasteiger partial charge in [0.2, 0.25) is 0 Å². The summed E-state index contributed by atoms with van der Waals surface area (Å²) in [4.78, 5) is 31.8. The van der Waals surface area contributed by atoms with E-state index in [4.69, 9.17) is 0 Å². The second kappa shape index (κ2) is 7.63. The third-order valence-corrected chi connectivity index (χ3v) is 5.34. The van der Waals surface area contributed by atoms with Gasteiger partial charge in [-0.3, -0.25) is 9.69 Å². The largest absolute Gasteiger partial charge is 0.478 e. The number of nitrogens with zero attached hydrogens (tertiary/aromatic N) is 5. The Labute approximate surface area is 168 Å². The first-order valence-electron chi connectivity index (χ1n) is 9.53. The second-order valence-corrected chi connectivity index (χ2v) is 7.59. The van der Waals surface area contributed by atoms with Crippen molar-refractivity contribution in [3.05, 3.63) is 65.1 Å². The van der Waals surface area contributed by atoms with Crippen LogP contribution in [-0.4, -0.2) is 68.6 Å². The molecule has 0 aliphatic carbocycles. The van der Waals surface area contributed by atoms with Gasteiger partial charge in [-0.15, -0.1) is 0 Å². The minimum Gasteiger partial charge on any atom is -0.478 e. The molecule has 3 heterocycles. The van der Waals surface area contributed by atoms with Crippen LogP contribution in [-0.2, 0) is 6.54 Å². The number of carbonyl (C=O) groups is 2. The number of aromatic nitrogens is 3. The molecular weight excluding hydrogens is 370 g/mol. The van der Waals surface area contributed by atoms with Crippen molar-refractivity contribution in [3.63, 3.8) is 0 Å². The number of carboxylic acids is 1. The standard InChI is InChI=1S/C21H23N5O3/c1-24(2)20(27)17-11-23-26-18(6-8-22-19(17)26)16-7-9-25(13-16)12-14-4-3-5-15(10-14)21(28)29/h3-6,8,10-11,16H,7,9,12-13H2,1-2H3,(H,28,29)/t16-/m1/s1. The number of carboxylic acid groups (broad SMARTS) is 1. The molecule has 1 aliphatic rings. The summed E-state index contributed by atoms with van der Waals surface area (Å²) in [7, 11) is 3.42. The van der Waals surface area contributed by atoms with Crippen LogP contribution in [0.15, 0.2) is 42.7 Å². The minimum atomic E-state index is -0.910. The Morgan fingerprint density at radius 2 is 2.10 bits per heavy atom. The van der Waals surface area contributed by atoms with Crippen molar-refractivity contribution in [2.24, 2.45) is 0 Å². The monoisotopic (exact) mass is 393 g/mol. The maximum atomic E-state index is 12.4. The van der Waals surface area contributed by atoms with Crippen LogP contribution in [0.25, 0.3) is 5.65 Å². The Balaban J connectivity index is 1.53. The van der Waals surface area contributed by atoms with Gasteiger partial charge in [0.1, 0.15) is 5.56 Å². The topological polar surface area (TPSA) is 91.0 Å². The fourth-order valence-electron chi connectivity index (χ4n) is 3.89. The zero-order valence-corrected chi connectivity index (χ0v) is 16.4. The van der Waals surface area contributed by atoms with Crippen molar-refractivity contribution in [3.8, 4) is 0 Å². The van der Waals surface area contributed by atoms with Gasteiger partial charge in [0.15, 0.2) is 5.65 Å². The fourth-order valence-corrected chi connectivity index (χ4v) is 3.89. The van der Waals surface area contributed by atoms with Crippen molar-refractivity contribution in [1.82, 2.24) is 24.4 Å². The van der Waals surface area contributed by atoms with Gasteiger partial charge < -0.3 is 10.0 Å². The van der Waals surface area contributed by atoms with Gasteiger partial charge >= 0.3 is 5.97 Å². The van der Waals surface area contributed by atoms with Gasteiger partial charge in [0.05, 0.1) is 17.5 Å². The second-order valence-electron chi connectivity index (χ2n) is 7.59. The van der Waals surface area contributed by atoms with Crippen LogP contribution in [0.5, 0.6) is 0 Å². The van der Waals surface area contributed by atoms with Crippen molar-refractivity contribution in [2.45, 2.75) is 18.9 Å². The molecule has 3 aromatic rings. The van der Waals surface area contributed by atoms with Crippen LogP contribution in [0.1, 0.15) is 44.3 Å². The molecule has 1 saturated heterocycles. The van der Waals surface area contributed by atoms with Gasteiger partial charge in [0, 0.05) is 39.3 Å². The van der Waals surface area contributed by atoms with Gasteiger partial charge in [-0.2, -0.15) is 5.10 Å². The SMILES string of the molecule is CN(C)C(=O)c1cnn2c([C@@H]3CCN(Cc4cccc(C(=O)O)c4)C3)ccnc12. The van der Waals surface area contributed by atoms with E-state index in [2.05, 4.69) is 15.0 Å². The molecule has 1 aliphatic heterocycles. The summed E-state index contributed by atoms with van der Waals surface area (Å²) in [6.45, 7) is 2.46. The number of likely N-dealkylation sites (tertiary alicyclic amines) is 1. The molecule has 0 bridgehead atoms.